The summed E-state index contributed by atoms with van der Waals surface area (Å²) in [6, 6.07) is 7.48. The van der Waals surface area contributed by atoms with Crippen molar-refractivity contribution < 1.29 is 9.53 Å². The second-order valence-corrected chi connectivity index (χ2v) is 4.62. The number of ketones is 1. The van der Waals surface area contributed by atoms with Crippen LogP contribution in [0.4, 0.5) is 0 Å². The van der Waals surface area contributed by atoms with Crippen molar-refractivity contribution in [3.05, 3.63) is 29.8 Å². The lowest BCUT2D eigenvalue weighted by Crippen LogP contribution is -2.44. The van der Waals surface area contributed by atoms with Crippen LogP contribution in [0.1, 0.15) is 37.0 Å². The first kappa shape index (κ1) is 12.1. The molecule has 0 bridgehead atoms. The van der Waals surface area contributed by atoms with Gasteiger partial charge in [0.05, 0.1) is 17.7 Å². The molecule has 1 saturated heterocycles. The maximum Gasteiger partial charge on any atom is 0.186 e. The minimum absolute atomic E-state index is 0.138. The van der Waals surface area contributed by atoms with Crippen molar-refractivity contribution in [1.29, 1.82) is 0 Å². The van der Waals surface area contributed by atoms with Crippen LogP contribution in [0.25, 0.3) is 0 Å². The maximum atomic E-state index is 12.5. The minimum atomic E-state index is -0.423. The van der Waals surface area contributed by atoms with Gasteiger partial charge in [0.1, 0.15) is 5.75 Å². The number of rotatable bonds is 4. The van der Waals surface area contributed by atoms with Gasteiger partial charge in [-0.1, -0.05) is 12.1 Å². The molecule has 1 unspecified atom stereocenters. The molecule has 0 spiro atoms. The van der Waals surface area contributed by atoms with Gasteiger partial charge in [-0.15, -0.1) is 0 Å². The summed E-state index contributed by atoms with van der Waals surface area (Å²) in [4.78, 5) is 12.5. The highest BCUT2D eigenvalue weighted by molar-refractivity contribution is 6.05. The SMILES string of the molecule is CCOc1ccccc1C(=O)C1(C)CCCN1. The van der Waals surface area contributed by atoms with Gasteiger partial charge in [0, 0.05) is 0 Å². The first-order valence-corrected chi connectivity index (χ1v) is 6.19. The topological polar surface area (TPSA) is 38.3 Å². The Morgan fingerprint density at radius 2 is 2.24 bits per heavy atom. The van der Waals surface area contributed by atoms with Crippen LogP contribution < -0.4 is 10.1 Å². The number of hydrogen-bond donors (Lipinski definition) is 1. The number of carbonyl (C=O) groups is 1. The molecule has 2 rings (SSSR count). The first-order chi connectivity index (χ1) is 8.17. The largest absolute Gasteiger partial charge is 0.493 e. The van der Waals surface area contributed by atoms with E-state index in [1.165, 1.54) is 0 Å². The molecular formula is C14H19NO2. The van der Waals surface area contributed by atoms with Gasteiger partial charge in [-0.25, -0.2) is 0 Å². The van der Waals surface area contributed by atoms with Gasteiger partial charge < -0.3 is 10.1 Å². The van der Waals surface area contributed by atoms with E-state index in [0.29, 0.717) is 17.9 Å². The smallest absolute Gasteiger partial charge is 0.186 e. The van der Waals surface area contributed by atoms with Crippen LogP contribution >= 0.6 is 0 Å². The Hall–Kier alpha value is -1.35. The average Bonchev–Trinajstić information content (AvgIpc) is 2.78. The third kappa shape index (κ3) is 2.34. The molecule has 0 aromatic heterocycles. The second kappa shape index (κ2) is 4.88. The zero-order valence-corrected chi connectivity index (χ0v) is 10.5. The van der Waals surface area contributed by atoms with Gasteiger partial charge in [0.25, 0.3) is 0 Å². The number of Topliss-reactive ketones (excluding diaryl/α,β-unsaturated/α-hetero) is 1. The van der Waals surface area contributed by atoms with Crippen molar-refractivity contribution in [2.45, 2.75) is 32.2 Å². The Morgan fingerprint density at radius 3 is 2.88 bits per heavy atom. The number of benzene rings is 1. The van der Waals surface area contributed by atoms with Gasteiger partial charge in [-0.3, -0.25) is 4.79 Å². The van der Waals surface area contributed by atoms with Crippen LogP contribution in [0.3, 0.4) is 0 Å². The summed E-state index contributed by atoms with van der Waals surface area (Å²) in [6.45, 7) is 5.40. The van der Waals surface area contributed by atoms with E-state index in [-0.39, 0.29) is 5.78 Å². The quantitative estimate of drug-likeness (QED) is 0.812. The summed E-state index contributed by atoms with van der Waals surface area (Å²) < 4.78 is 5.51. The van der Waals surface area contributed by atoms with Crippen LogP contribution in [0.15, 0.2) is 24.3 Å². The molecule has 1 atom stereocenters. The molecule has 1 aromatic carbocycles. The molecular weight excluding hydrogens is 214 g/mol. The molecule has 0 amide bonds. The van der Waals surface area contributed by atoms with Crippen molar-refractivity contribution in [3.63, 3.8) is 0 Å². The average molecular weight is 233 g/mol. The molecule has 0 saturated carbocycles. The number of hydrogen-bond acceptors (Lipinski definition) is 3. The van der Waals surface area contributed by atoms with Gasteiger partial charge in [0.2, 0.25) is 0 Å². The van der Waals surface area contributed by atoms with Crippen molar-refractivity contribution in [1.82, 2.24) is 5.32 Å². The maximum absolute atomic E-state index is 12.5. The Kier molecular flexibility index (Phi) is 3.48. The summed E-state index contributed by atoms with van der Waals surface area (Å²) in [6.07, 6.45) is 1.95. The van der Waals surface area contributed by atoms with Crippen LogP contribution in [-0.2, 0) is 0 Å². The standard InChI is InChI=1S/C14H19NO2/c1-3-17-12-8-5-4-7-11(12)13(16)14(2)9-6-10-15-14/h4-5,7-8,15H,3,6,9-10H2,1-2H3. The van der Waals surface area contributed by atoms with Gasteiger partial charge in [-0.2, -0.15) is 0 Å². The monoisotopic (exact) mass is 233 g/mol. The lowest BCUT2D eigenvalue weighted by molar-refractivity contribution is 0.0880. The van der Waals surface area contributed by atoms with Crippen molar-refractivity contribution in [2.75, 3.05) is 13.2 Å². The second-order valence-electron chi connectivity index (χ2n) is 4.62. The summed E-state index contributed by atoms with van der Waals surface area (Å²) in [7, 11) is 0. The highest BCUT2D eigenvalue weighted by atomic mass is 16.5. The van der Waals surface area contributed by atoms with E-state index in [0.717, 1.165) is 19.4 Å². The van der Waals surface area contributed by atoms with Crippen molar-refractivity contribution in [3.8, 4) is 5.75 Å². The van der Waals surface area contributed by atoms with Crippen LogP contribution in [0.5, 0.6) is 5.75 Å². The molecule has 1 N–H and O–H groups in total. The fraction of sp³-hybridized carbons (Fsp3) is 0.500. The Bertz CT molecular complexity index is 408. The first-order valence-electron chi connectivity index (χ1n) is 6.19. The molecule has 17 heavy (non-hydrogen) atoms. The van der Waals surface area contributed by atoms with Crippen LogP contribution in [-0.4, -0.2) is 24.5 Å². The molecule has 1 aromatic rings. The molecule has 1 aliphatic heterocycles. The van der Waals surface area contributed by atoms with E-state index in [1.807, 2.05) is 38.1 Å². The molecule has 1 heterocycles. The summed E-state index contributed by atoms with van der Waals surface area (Å²) in [5, 5.41) is 3.30. The fourth-order valence-corrected chi connectivity index (χ4v) is 2.32. The number of carbonyl (C=O) groups excluding carboxylic acids is 1. The molecule has 92 valence electrons. The third-order valence-electron chi connectivity index (χ3n) is 3.30. The highest BCUT2D eigenvalue weighted by Gasteiger charge is 2.37. The highest BCUT2D eigenvalue weighted by Crippen LogP contribution is 2.28. The van der Waals surface area contributed by atoms with Gasteiger partial charge in [-0.05, 0) is 45.4 Å². The number of nitrogens with one attached hydrogen (secondary N) is 1. The van der Waals surface area contributed by atoms with E-state index in [4.69, 9.17) is 4.74 Å². The molecule has 1 fully saturated rings. The zero-order chi connectivity index (χ0) is 12.3. The third-order valence-corrected chi connectivity index (χ3v) is 3.30. The molecule has 3 heteroatoms. The lowest BCUT2D eigenvalue weighted by atomic mass is 9.89. The van der Waals surface area contributed by atoms with Crippen LogP contribution in [0, 0.1) is 0 Å². The Balaban J connectivity index is 2.30. The van der Waals surface area contributed by atoms with E-state index >= 15 is 0 Å². The summed E-state index contributed by atoms with van der Waals surface area (Å²) in [5.41, 5.74) is 0.263. The van der Waals surface area contributed by atoms with Crippen molar-refractivity contribution >= 4 is 5.78 Å². The predicted molar refractivity (Wildman–Crippen MR) is 67.6 cm³/mol. The van der Waals surface area contributed by atoms with E-state index < -0.39 is 5.54 Å². The fourth-order valence-electron chi connectivity index (χ4n) is 2.32. The molecule has 3 nitrogen and oxygen atoms in total. The normalized spacial score (nSPS) is 23.6. The molecule has 0 aliphatic carbocycles. The van der Waals surface area contributed by atoms with Gasteiger partial charge >= 0.3 is 0 Å². The van der Waals surface area contributed by atoms with Crippen LogP contribution in [0.2, 0.25) is 0 Å². The minimum Gasteiger partial charge on any atom is -0.493 e. The predicted octanol–water partition coefficient (Wildman–Crippen LogP) is 2.41. The molecule has 0 radical (unpaired) electrons. The Labute approximate surface area is 102 Å². The van der Waals surface area contributed by atoms with Crippen molar-refractivity contribution in [2.24, 2.45) is 0 Å². The number of para-hydroxylation sites is 1. The zero-order valence-electron chi connectivity index (χ0n) is 10.5. The summed E-state index contributed by atoms with van der Waals surface area (Å²) in [5.74, 6) is 0.828. The Morgan fingerprint density at radius 1 is 1.47 bits per heavy atom. The molecule has 1 aliphatic rings. The van der Waals surface area contributed by atoms with Gasteiger partial charge in [0.15, 0.2) is 5.78 Å². The lowest BCUT2D eigenvalue weighted by Gasteiger charge is -2.23. The number of ether oxygens (including phenoxy) is 1. The summed E-state index contributed by atoms with van der Waals surface area (Å²) >= 11 is 0. The van der Waals surface area contributed by atoms with E-state index in [1.54, 1.807) is 0 Å². The van der Waals surface area contributed by atoms with E-state index in [9.17, 15) is 4.79 Å². The van der Waals surface area contributed by atoms with E-state index in [2.05, 4.69) is 5.32 Å².